The standard InChI is InChI=1S/C15H24BrN3O2/c1-3-20-11-4-9-18-15(17-2)19-10-12-21-14-7-5-13(16)6-8-14/h5-8H,3-4,9-12H2,1-2H3,(H2,17,18,19). The molecule has 0 radical (unpaired) electrons. The van der Waals surface area contributed by atoms with Gasteiger partial charge in [0.15, 0.2) is 5.96 Å². The molecule has 0 heterocycles. The summed E-state index contributed by atoms with van der Waals surface area (Å²) in [4.78, 5) is 4.15. The second-order valence-electron chi connectivity index (χ2n) is 4.28. The average Bonchev–Trinajstić information content (AvgIpc) is 2.51. The molecule has 0 saturated carbocycles. The summed E-state index contributed by atoms with van der Waals surface area (Å²) in [5, 5.41) is 6.44. The maximum Gasteiger partial charge on any atom is 0.191 e. The highest BCUT2D eigenvalue weighted by atomic mass is 79.9. The van der Waals surface area contributed by atoms with Gasteiger partial charge in [0.05, 0.1) is 6.54 Å². The van der Waals surface area contributed by atoms with Gasteiger partial charge in [-0.3, -0.25) is 4.99 Å². The lowest BCUT2D eigenvalue weighted by Gasteiger charge is -2.12. The third-order valence-electron chi connectivity index (χ3n) is 2.66. The molecule has 0 saturated heterocycles. The van der Waals surface area contributed by atoms with Crippen LogP contribution in [0.2, 0.25) is 0 Å². The van der Waals surface area contributed by atoms with Gasteiger partial charge < -0.3 is 20.1 Å². The fourth-order valence-corrected chi connectivity index (χ4v) is 1.88. The van der Waals surface area contributed by atoms with Crippen LogP contribution in [-0.4, -0.2) is 45.9 Å². The van der Waals surface area contributed by atoms with Gasteiger partial charge >= 0.3 is 0 Å². The summed E-state index contributed by atoms with van der Waals surface area (Å²) < 4.78 is 12.0. The van der Waals surface area contributed by atoms with Crippen molar-refractivity contribution in [3.8, 4) is 5.75 Å². The fraction of sp³-hybridized carbons (Fsp3) is 0.533. The van der Waals surface area contributed by atoms with E-state index >= 15 is 0 Å². The smallest absolute Gasteiger partial charge is 0.191 e. The Kier molecular flexibility index (Phi) is 9.65. The molecule has 0 bridgehead atoms. The number of rotatable bonds is 9. The number of halogens is 1. The van der Waals surface area contributed by atoms with E-state index in [1.165, 1.54) is 0 Å². The van der Waals surface area contributed by atoms with Gasteiger partial charge in [-0.15, -0.1) is 0 Å². The van der Waals surface area contributed by atoms with Crippen molar-refractivity contribution in [2.75, 3.05) is 40.0 Å². The number of nitrogens with one attached hydrogen (secondary N) is 2. The van der Waals surface area contributed by atoms with Crippen molar-refractivity contribution in [3.05, 3.63) is 28.7 Å². The van der Waals surface area contributed by atoms with Crippen molar-refractivity contribution in [2.24, 2.45) is 4.99 Å². The molecule has 6 heteroatoms. The molecule has 118 valence electrons. The van der Waals surface area contributed by atoms with Crippen LogP contribution in [0, 0.1) is 0 Å². The van der Waals surface area contributed by atoms with Crippen LogP contribution < -0.4 is 15.4 Å². The summed E-state index contributed by atoms with van der Waals surface area (Å²) in [6, 6.07) is 7.79. The molecule has 0 aromatic heterocycles. The minimum atomic E-state index is 0.585. The summed E-state index contributed by atoms with van der Waals surface area (Å²) in [5.74, 6) is 1.64. The fourth-order valence-electron chi connectivity index (χ4n) is 1.62. The first-order chi connectivity index (χ1) is 10.3. The van der Waals surface area contributed by atoms with Crippen molar-refractivity contribution in [1.82, 2.24) is 10.6 Å². The highest BCUT2D eigenvalue weighted by Crippen LogP contribution is 2.15. The van der Waals surface area contributed by atoms with Crippen molar-refractivity contribution in [3.63, 3.8) is 0 Å². The third kappa shape index (κ3) is 8.57. The van der Waals surface area contributed by atoms with Crippen LogP contribution >= 0.6 is 15.9 Å². The quantitative estimate of drug-likeness (QED) is 0.404. The zero-order chi connectivity index (χ0) is 15.3. The molecule has 1 rings (SSSR count). The second-order valence-corrected chi connectivity index (χ2v) is 5.19. The van der Waals surface area contributed by atoms with Gasteiger partial charge in [-0.1, -0.05) is 15.9 Å². The van der Waals surface area contributed by atoms with Crippen LogP contribution in [0.25, 0.3) is 0 Å². The van der Waals surface area contributed by atoms with Crippen LogP contribution in [-0.2, 0) is 4.74 Å². The summed E-state index contributed by atoms with van der Waals surface area (Å²) in [5.41, 5.74) is 0. The third-order valence-corrected chi connectivity index (χ3v) is 3.19. The Hall–Kier alpha value is -1.27. The van der Waals surface area contributed by atoms with Crippen LogP contribution in [0.1, 0.15) is 13.3 Å². The van der Waals surface area contributed by atoms with E-state index in [1.54, 1.807) is 7.05 Å². The van der Waals surface area contributed by atoms with Crippen LogP contribution in [0.4, 0.5) is 0 Å². The number of benzene rings is 1. The number of ether oxygens (including phenoxy) is 2. The SMILES string of the molecule is CCOCCCNC(=NC)NCCOc1ccc(Br)cc1. The van der Waals surface area contributed by atoms with Crippen molar-refractivity contribution >= 4 is 21.9 Å². The predicted octanol–water partition coefficient (Wildman–Crippen LogP) is 2.42. The predicted molar refractivity (Wildman–Crippen MR) is 90.1 cm³/mol. The molecular formula is C15H24BrN3O2. The largest absolute Gasteiger partial charge is 0.492 e. The number of hydrogen-bond donors (Lipinski definition) is 2. The van der Waals surface area contributed by atoms with Crippen LogP contribution in [0.3, 0.4) is 0 Å². The molecule has 0 aliphatic rings. The van der Waals surface area contributed by atoms with Crippen molar-refractivity contribution in [1.29, 1.82) is 0 Å². The van der Waals surface area contributed by atoms with E-state index in [-0.39, 0.29) is 0 Å². The minimum absolute atomic E-state index is 0.585. The molecule has 1 aromatic rings. The first kappa shape index (κ1) is 17.8. The molecule has 0 aliphatic heterocycles. The summed E-state index contributed by atoms with van der Waals surface area (Å²) in [7, 11) is 1.76. The Balaban J connectivity index is 2.10. The van der Waals surface area contributed by atoms with Gasteiger partial charge in [0.25, 0.3) is 0 Å². The lowest BCUT2D eigenvalue weighted by atomic mass is 10.3. The van der Waals surface area contributed by atoms with Gasteiger partial charge in [-0.25, -0.2) is 0 Å². The molecule has 1 aromatic carbocycles. The van der Waals surface area contributed by atoms with Crippen LogP contribution in [0.5, 0.6) is 5.75 Å². The van der Waals surface area contributed by atoms with Crippen molar-refractivity contribution in [2.45, 2.75) is 13.3 Å². The first-order valence-electron chi connectivity index (χ1n) is 7.17. The molecule has 0 unspecified atom stereocenters. The zero-order valence-corrected chi connectivity index (χ0v) is 14.3. The Labute approximate surface area is 135 Å². The summed E-state index contributed by atoms with van der Waals surface area (Å²) >= 11 is 3.39. The lowest BCUT2D eigenvalue weighted by Crippen LogP contribution is -2.39. The van der Waals surface area contributed by atoms with Gasteiger partial charge in [-0.05, 0) is 37.6 Å². The second kappa shape index (κ2) is 11.4. The van der Waals surface area contributed by atoms with E-state index in [9.17, 15) is 0 Å². The average molecular weight is 358 g/mol. The molecule has 0 fully saturated rings. The van der Waals surface area contributed by atoms with Crippen molar-refractivity contribution < 1.29 is 9.47 Å². The van der Waals surface area contributed by atoms with E-state index < -0.39 is 0 Å². The van der Waals surface area contributed by atoms with Gasteiger partial charge in [-0.2, -0.15) is 0 Å². The van der Waals surface area contributed by atoms with Gasteiger partial charge in [0.1, 0.15) is 12.4 Å². The number of nitrogens with zero attached hydrogens (tertiary/aromatic N) is 1. The first-order valence-corrected chi connectivity index (χ1v) is 7.96. The highest BCUT2D eigenvalue weighted by Gasteiger charge is 1.97. The molecule has 2 N–H and O–H groups in total. The highest BCUT2D eigenvalue weighted by molar-refractivity contribution is 9.10. The molecule has 0 aliphatic carbocycles. The minimum Gasteiger partial charge on any atom is -0.492 e. The van der Waals surface area contributed by atoms with E-state index in [0.29, 0.717) is 13.2 Å². The Morgan fingerprint density at radius 3 is 2.52 bits per heavy atom. The Bertz CT molecular complexity index is 410. The lowest BCUT2D eigenvalue weighted by molar-refractivity contribution is 0.145. The number of aliphatic imine (C=N–C) groups is 1. The van der Waals surface area contributed by atoms with E-state index in [1.807, 2.05) is 31.2 Å². The van der Waals surface area contributed by atoms with E-state index in [0.717, 1.165) is 42.4 Å². The Morgan fingerprint density at radius 2 is 1.86 bits per heavy atom. The van der Waals surface area contributed by atoms with E-state index in [2.05, 4.69) is 31.6 Å². The molecule has 0 spiro atoms. The maximum atomic E-state index is 5.63. The summed E-state index contributed by atoms with van der Waals surface area (Å²) in [6.07, 6.45) is 0.962. The monoisotopic (exact) mass is 357 g/mol. The zero-order valence-electron chi connectivity index (χ0n) is 12.7. The molecule has 5 nitrogen and oxygen atoms in total. The van der Waals surface area contributed by atoms with E-state index in [4.69, 9.17) is 9.47 Å². The van der Waals surface area contributed by atoms with Gasteiger partial charge in [0.2, 0.25) is 0 Å². The van der Waals surface area contributed by atoms with Crippen LogP contribution in [0.15, 0.2) is 33.7 Å². The summed E-state index contributed by atoms with van der Waals surface area (Å²) in [6.45, 7) is 5.66. The number of guanidine groups is 1. The topological polar surface area (TPSA) is 54.9 Å². The molecular weight excluding hydrogens is 334 g/mol. The van der Waals surface area contributed by atoms with Gasteiger partial charge in [0, 0.05) is 31.3 Å². The molecule has 21 heavy (non-hydrogen) atoms. The maximum absolute atomic E-state index is 5.63. The number of hydrogen-bond acceptors (Lipinski definition) is 3. The Morgan fingerprint density at radius 1 is 1.14 bits per heavy atom. The molecule has 0 amide bonds. The normalized spacial score (nSPS) is 11.3. The molecule has 0 atom stereocenters.